The van der Waals surface area contributed by atoms with Gasteiger partial charge >= 0.3 is 0 Å². The monoisotopic (exact) mass is 248 g/mol. The molecule has 0 aliphatic heterocycles. The quantitative estimate of drug-likeness (QED) is 0.693. The molecule has 0 aliphatic rings. The van der Waals surface area contributed by atoms with E-state index in [1.807, 2.05) is 25.1 Å². The van der Waals surface area contributed by atoms with Gasteiger partial charge in [-0.3, -0.25) is 4.79 Å². The van der Waals surface area contributed by atoms with Crippen LogP contribution in [0.1, 0.15) is 38.2 Å². The Bertz CT molecular complexity index is 338. The van der Waals surface area contributed by atoms with Crippen LogP contribution in [0.5, 0.6) is 0 Å². The Balaban J connectivity index is 2.19. The number of unbranched alkanes of at least 4 members (excludes halogenated alkanes) is 2. The largest absolute Gasteiger partial charge is 0.353 e. The molecule has 0 aliphatic carbocycles. The summed E-state index contributed by atoms with van der Waals surface area (Å²) in [5, 5.41) is 3.04. The number of hydrogen-bond acceptors (Lipinski definition) is 2. The van der Waals surface area contributed by atoms with E-state index < -0.39 is 0 Å². The summed E-state index contributed by atoms with van der Waals surface area (Å²) in [4.78, 5) is 11.7. The highest BCUT2D eigenvalue weighted by Gasteiger charge is 2.07. The predicted octanol–water partition coefficient (Wildman–Crippen LogP) is 2.25. The van der Waals surface area contributed by atoms with Gasteiger partial charge in [-0.2, -0.15) is 0 Å². The fourth-order valence-corrected chi connectivity index (χ4v) is 1.97. The Morgan fingerprint density at radius 2 is 1.94 bits per heavy atom. The Morgan fingerprint density at radius 1 is 1.22 bits per heavy atom. The number of nitrogens with two attached hydrogens (primary N) is 1. The van der Waals surface area contributed by atoms with Gasteiger partial charge in [0.25, 0.3) is 0 Å². The first-order chi connectivity index (χ1) is 8.72. The molecule has 1 amide bonds. The Kier molecular flexibility index (Phi) is 7.11. The minimum atomic E-state index is 0.149. The second kappa shape index (κ2) is 8.70. The molecule has 1 rings (SSSR count). The van der Waals surface area contributed by atoms with E-state index in [0.29, 0.717) is 13.0 Å². The van der Waals surface area contributed by atoms with Gasteiger partial charge in [0.15, 0.2) is 0 Å². The standard InChI is InChI=1S/C15H24N2O/c1-13(12-14-8-4-2-5-9-14)17-15(18)10-6-3-7-11-16/h2,4-5,8-9,13H,3,6-7,10-12,16H2,1H3,(H,17,18). The summed E-state index contributed by atoms with van der Waals surface area (Å²) in [6, 6.07) is 10.4. The fourth-order valence-electron chi connectivity index (χ4n) is 1.97. The maximum atomic E-state index is 11.7. The second-order valence-electron chi connectivity index (χ2n) is 4.76. The maximum Gasteiger partial charge on any atom is 0.220 e. The number of amides is 1. The van der Waals surface area contributed by atoms with Gasteiger partial charge < -0.3 is 11.1 Å². The number of nitrogens with one attached hydrogen (secondary N) is 1. The van der Waals surface area contributed by atoms with Crippen molar-refractivity contribution in [2.24, 2.45) is 5.73 Å². The van der Waals surface area contributed by atoms with E-state index in [1.54, 1.807) is 0 Å². The van der Waals surface area contributed by atoms with Crippen LogP contribution in [0.3, 0.4) is 0 Å². The molecule has 100 valence electrons. The van der Waals surface area contributed by atoms with Gasteiger partial charge in [0.05, 0.1) is 0 Å². The predicted molar refractivity (Wildman–Crippen MR) is 75.3 cm³/mol. The van der Waals surface area contributed by atoms with E-state index in [9.17, 15) is 4.79 Å². The van der Waals surface area contributed by atoms with Crippen molar-refractivity contribution >= 4 is 5.91 Å². The molecule has 1 atom stereocenters. The minimum absolute atomic E-state index is 0.149. The molecule has 0 bridgehead atoms. The fraction of sp³-hybridized carbons (Fsp3) is 0.533. The summed E-state index contributed by atoms with van der Waals surface area (Å²) < 4.78 is 0. The number of benzene rings is 1. The lowest BCUT2D eigenvalue weighted by Crippen LogP contribution is -2.33. The summed E-state index contributed by atoms with van der Waals surface area (Å²) in [5.41, 5.74) is 6.67. The summed E-state index contributed by atoms with van der Waals surface area (Å²) in [6.45, 7) is 2.76. The molecular formula is C15H24N2O. The van der Waals surface area contributed by atoms with Gasteiger partial charge in [-0.15, -0.1) is 0 Å². The third-order valence-electron chi connectivity index (χ3n) is 2.90. The van der Waals surface area contributed by atoms with Crippen LogP contribution in [-0.4, -0.2) is 18.5 Å². The van der Waals surface area contributed by atoms with Crippen molar-refractivity contribution in [3.8, 4) is 0 Å². The summed E-state index contributed by atoms with van der Waals surface area (Å²) in [5.74, 6) is 0.149. The zero-order valence-corrected chi connectivity index (χ0v) is 11.2. The van der Waals surface area contributed by atoms with Crippen LogP contribution in [0, 0.1) is 0 Å². The van der Waals surface area contributed by atoms with Gasteiger partial charge in [0.2, 0.25) is 5.91 Å². The van der Waals surface area contributed by atoms with Crippen molar-refractivity contribution in [1.29, 1.82) is 0 Å². The van der Waals surface area contributed by atoms with Crippen LogP contribution in [0.4, 0.5) is 0 Å². The molecule has 3 heteroatoms. The third-order valence-corrected chi connectivity index (χ3v) is 2.90. The smallest absolute Gasteiger partial charge is 0.220 e. The first-order valence-corrected chi connectivity index (χ1v) is 6.75. The van der Waals surface area contributed by atoms with E-state index in [2.05, 4.69) is 17.4 Å². The molecule has 18 heavy (non-hydrogen) atoms. The minimum Gasteiger partial charge on any atom is -0.353 e. The summed E-state index contributed by atoms with van der Waals surface area (Å²) in [7, 11) is 0. The van der Waals surface area contributed by atoms with Crippen LogP contribution in [0.25, 0.3) is 0 Å². The van der Waals surface area contributed by atoms with Gasteiger partial charge in [-0.25, -0.2) is 0 Å². The highest BCUT2D eigenvalue weighted by molar-refractivity contribution is 5.76. The van der Waals surface area contributed by atoms with Gasteiger partial charge in [-0.05, 0) is 38.3 Å². The third kappa shape index (κ3) is 6.40. The van der Waals surface area contributed by atoms with Gasteiger partial charge in [0.1, 0.15) is 0 Å². The molecule has 1 unspecified atom stereocenters. The normalized spacial score (nSPS) is 12.1. The van der Waals surface area contributed by atoms with E-state index in [1.165, 1.54) is 5.56 Å². The van der Waals surface area contributed by atoms with E-state index >= 15 is 0 Å². The number of rotatable bonds is 8. The first kappa shape index (κ1) is 14.7. The van der Waals surface area contributed by atoms with Gasteiger partial charge in [0, 0.05) is 12.5 Å². The molecule has 0 heterocycles. The van der Waals surface area contributed by atoms with E-state index in [4.69, 9.17) is 5.73 Å². The van der Waals surface area contributed by atoms with Crippen LogP contribution in [0.2, 0.25) is 0 Å². The highest BCUT2D eigenvalue weighted by atomic mass is 16.1. The van der Waals surface area contributed by atoms with Crippen molar-refractivity contribution in [1.82, 2.24) is 5.32 Å². The van der Waals surface area contributed by atoms with Gasteiger partial charge in [-0.1, -0.05) is 36.8 Å². The Hall–Kier alpha value is -1.35. The van der Waals surface area contributed by atoms with Crippen molar-refractivity contribution < 1.29 is 4.79 Å². The SMILES string of the molecule is CC(Cc1ccccc1)NC(=O)CCCCCN. The molecule has 0 spiro atoms. The molecule has 3 N–H and O–H groups in total. The molecule has 0 saturated carbocycles. The molecule has 1 aromatic rings. The van der Waals surface area contributed by atoms with Crippen molar-refractivity contribution in [3.05, 3.63) is 35.9 Å². The molecule has 0 aromatic heterocycles. The molecule has 0 fully saturated rings. The lowest BCUT2D eigenvalue weighted by Gasteiger charge is -2.13. The number of hydrogen-bond donors (Lipinski definition) is 2. The second-order valence-corrected chi connectivity index (χ2v) is 4.76. The van der Waals surface area contributed by atoms with Crippen LogP contribution < -0.4 is 11.1 Å². The van der Waals surface area contributed by atoms with Crippen molar-refractivity contribution in [2.45, 2.75) is 45.1 Å². The van der Waals surface area contributed by atoms with E-state index in [-0.39, 0.29) is 11.9 Å². The topological polar surface area (TPSA) is 55.1 Å². The average Bonchev–Trinajstić information content (AvgIpc) is 2.35. The Morgan fingerprint density at radius 3 is 2.61 bits per heavy atom. The summed E-state index contributed by atoms with van der Waals surface area (Å²) >= 11 is 0. The van der Waals surface area contributed by atoms with E-state index in [0.717, 1.165) is 25.7 Å². The average molecular weight is 248 g/mol. The van der Waals surface area contributed by atoms with Crippen LogP contribution in [0.15, 0.2) is 30.3 Å². The molecule has 0 radical (unpaired) electrons. The first-order valence-electron chi connectivity index (χ1n) is 6.75. The highest BCUT2D eigenvalue weighted by Crippen LogP contribution is 2.04. The number of carbonyl (C=O) groups is 1. The van der Waals surface area contributed by atoms with Crippen molar-refractivity contribution in [3.63, 3.8) is 0 Å². The molecule has 0 saturated heterocycles. The Labute approximate surface area is 110 Å². The maximum absolute atomic E-state index is 11.7. The molecular weight excluding hydrogens is 224 g/mol. The lowest BCUT2D eigenvalue weighted by molar-refractivity contribution is -0.121. The lowest BCUT2D eigenvalue weighted by atomic mass is 10.1. The number of carbonyl (C=O) groups excluding carboxylic acids is 1. The van der Waals surface area contributed by atoms with Crippen molar-refractivity contribution in [2.75, 3.05) is 6.54 Å². The molecule has 1 aromatic carbocycles. The zero-order chi connectivity index (χ0) is 13.2. The van der Waals surface area contributed by atoms with Crippen LogP contribution in [-0.2, 0) is 11.2 Å². The van der Waals surface area contributed by atoms with Crippen LogP contribution >= 0.6 is 0 Å². The molecule has 3 nitrogen and oxygen atoms in total. The zero-order valence-electron chi connectivity index (χ0n) is 11.2. The summed E-state index contributed by atoms with van der Waals surface area (Å²) in [6.07, 6.45) is 4.47.